The minimum Gasteiger partial charge on any atom is -0.377 e. The molecule has 0 amide bonds. The number of hydrogen-bond donors (Lipinski definition) is 1. The van der Waals surface area contributed by atoms with Crippen LogP contribution in [-0.2, 0) is 17.8 Å². The van der Waals surface area contributed by atoms with Crippen molar-refractivity contribution >= 4 is 10.9 Å². The number of benzene rings is 1. The summed E-state index contributed by atoms with van der Waals surface area (Å²) in [5.74, 6) is 0.879. The van der Waals surface area contributed by atoms with Crippen molar-refractivity contribution in [2.24, 2.45) is 0 Å². The largest absolute Gasteiger partial charge is 0.377 e. The second-order valence-electron chi connectivity index (χ2n) is 9.81. The summed E-state index contributed by atoms with van der Waals surface area (Å²) in [7, 11) is 0. The molecule has 1 aliphatic carbocycles. The number of nitrogens with one attached hydrogen (secondary N) is 1. The number of pyridine rings is 1. The molecular formula is C25H34N6O2. The summed E-state index contributed by atoms with van der Waals surface area (Å²) in [4.78, 5) is 18.4. The van der Waals surface area contributed by atoms with E-state index in [-0.39, 0.29) is 11.7 Å². The molecule has 1 aromatic carbocycles. The van der Waals surface area contributed by atoms with Crippen molar-refractivity contribution in [3.63, 3.8) is 0 Å². The van der Waals surface area contributed by atoms with Crippen molar-refractivity contribution in [2.75, 3.05) is 13.2 Å². The molecule has 176 valence electrons. The van der Waals surface area contributed by atoms with E-state index in [0.717, 1.165) is 66.7 Å². The Morgan fingerprint density at radius 1 is 1.09 bits per heavy atom. The highest BCUT2D eigenvalue weighted by atomic mass is 16.5. The number of rotatable bonds is 7. The Morgan fingerprint density at radius 3 is 2.73 bits per heavy atom. The van der Waals surface area contributed by atoms with Gasteiger partial charge >= 0.3 is 0 Å². The van der Waals surface area contributed by atoms with E-state index >= 15 is 0 Å². The van der Waals surface area contributed by atoms with Crippen LogP contribution in [0.15, 0.2) is 23.0 Å². The van der Waals surface area contributed by atoms with Crippen LogP contribution >= 0.6 is 0 Å². The van der Waals surface area contributed by atoms with Crippen molar-refractivity contribution in [2.45, 2.75) is 84.0 Å². The van der Waals surface area contributed by atoms with Crippen LogP contribution < -0.4 is 5.56 Å². The van der Waals surface area contributed by atoms with Crippen LogP contribution in [0.1, 0.15) is 73.5 Å². The van der Waals surface area contributed by atoms with E-state index in [2.05, 4.69) is 44.5 Å². The topological polar surface area (TPSA) is 88.9 Å². The van der Waals surface area contributed by atoms with Crippen molar-refractivity contribution in [3.8, 4) is 0 Å². The van der Waals surface area contributed by atoms with Gasteiger partial charge in [0.15, 0.2) is 5.82 Å². The van der Waals surface area contributed by atoms with Crippen LogP contribution in [0.4, 0.5) is 0 Å². The van der Waals surface area contributed by atoms with Crippen LogP contribution in [0.3, 0.4) is 0 Å². The van der Waals surface area contributed by atoms with Gasteiger partial charge in [0.2, 0.25) is 0 Å². The summed E-state index contributed by atoms with van der Waals surface area (Å²) in [6, 6.07) is 6.66. The number of tetrazole rings is 1. The van der Waals surface area contributed by atoms with Gasteiger partial charge in [-0.2, -0.15) is 0 Å². The van der Waals surface area contributed by atoms with E-state index in [0.29, 0.717) is 19.1 Å². The molecule has 0 bridgehead atoms. The standard InChI is InChI=1S/C25H34N6O2/c1-17-11-18(2)24-19(12-17)13-20(25(32)26-24)14-30(15-22-9-6-10-33-22)16-23-27-28-29-31(23)21-7-4-3-5-8-21/h11-13,21-22H,3-10,14-16H2,1-2H3,(H,26,32)/t22-/m1/s1. The molecule has 33 heavy (non-hydrogen) atoms. The first-order chi connectivity index (χ1) is 16.1. The summed E-state index contributed by atoms with van der Waals surface area (Å²) >= 11 is 0. The maximum absolute atomic E-state index is 13.0. The molecule has 3 heterocycles. The summed E-state index contributed by atoms with van der Waals surface area (Å²) in [5, 5.41) is 13.8. The second kappa shape index (κ2) is 9.73. The zero-order valence-corrected chi connectivity index (χ0v) is 19.7. The first-order valence-corrected chi connectivity index (χ1v) is 12.3. The quantitative estimate of drug-likeness (QED) is 0.589. The third kappa shape index (κ3) is 5.01. The number of H-pyrrole nitrogens is 1. The maximum atomic E-state index is 13.0. The minimum atomic E-state index is -0.0290. The van der Waals surface area contributed by atoms with Crippen molar-refractivity contribution in [3.05, 3.63) is 51.1 Å². The van der Waals surface area contributed by atoms with E-state index in [4.69, 9.17) is 4.74 Å². The van der Waals surface area contributed by atoms with E-state index in [1.807, 2.05) is 17.7 Å². The van der Waals surface area contributed by atoms with Crippen LogP contribution in [0.2, 0.25) is 0 Å². The van der Waals surface area contributed by atoms with Gasteiger partial charge in [-0.3, -0.25) is 9.69 Å². The average molecular weight is 451 g/mol. The van der Waals surface area contributed by atoms with Gasteiger partial charge in [-0.15, -0.1) is 5.10 Å². The lowest BCUT2D eigenvalue weighted by atomic mass is 9.95. The third-order valence-corrected chi connectivity index (χ3v) is 7.10. The molecule has 1 N–H and O–H groups in total. The van der Waals surface area contributed by atoms with Crippen molar-refractivity contribution < 1.29 is 4.74 Å². The summed E-state index contributed by atoms with van der Waals surface area (Å²) < 4.78 is 7.96. The molecule has 1 saturated heterocycles. The van der Waals surface area contributed by atoms with Gasteiger partial charge in [0.1, 0.15) is 0 Å². The summed E-state index contributed by atoms with van der Waals surface area (Å²) in [6.07, 6.45) is 8.35. The third-order valence-electron chi connectivity index (χ3n) is 7.10. The van der Waals surface area contributed by atoms with Gasteiger partial charge < -0.3 is 9.72 Å². The number of fused-ring (bicyclic) bond motifs is 1. The van der Waals surface area contributed by atoms with E-state index in [1.54, 1.807) is 0 Å². The lowest BCUT2D eigenvalue weighted by molar-refractivity contribution is 0.0659. The number of hydrogen-bond acceptors (Lipinski definition) is 6. The van der Waals surface area contributed by atoms with Crippen molar-refractivity contribution in [1.82, 2.24) is 30.1 Å². The molecule has 3 aromatic rings. The van der Waals surface area contributed by atoms with Crippen LogP contribution in [-0.4, -0.2) is 49.3 Å². The molecule has 5 rings (SSSR count). The fraction of sp³-hybridized carbons (Fsp3) is 0.600. The number of ether oxygens (including phenoxy) is 1. The Bertz CT molecular complexity index is 1160. The fourth-order valence-corrected chi connectivity index (χ4v) is 5.48. The first-order valence-electron chi connectivity index (χ1n) is 12.3. The minimum absolute atomic E-state index is 0.0290. The number of aryl methyl sites for hydroxylation is 2. The highest BCUT2D eigenvalue weighted by Crippen LogP contribution is 2.28. The first kappa shape index (κ1) is 22.2. The molecular weight excluding hydrogens is 416 g/mol. The summed E-state index contributed by atoms with van der Waals surface area (Å²) in [5.41, 5.74) is 3.94. The van der Waals surface area contributed by atoms with Gasteiger partial charge in [-0.05, 0) is 73.0 Å². The van der Waals surface area contributed by atoms with E-state index < -0.39 is 0 Å². The molecule has 2 aliphatic rings. The normalized spacial score (nSPS) is 19.7. The maximum Gasteiger partial charge on any atom is 0.252 e. The molecule has 1 atom stereocenters. The Balaban J connectivity index is 1.42. The Labute approximate surface area is 194 Å². The highest BCUT2D eigenvalue weighted by molar-refractivity contribution is 5.82. The Morgan fingerprint density at radius 2 is 1.94 bits per heavy atom. The molecule has 1 saturated carbocycles. The Kier molecular flexibility index (Phi) is 6.55. The Hall–Kier alpha value is -2.58. The van der Waals surface area contributed by atoms with Gasteiger partial charge in [0, 0.05) is 25.3 Å². The lowest BCUT2D eigenvalue weighted by Gasteiger charge is -2.27. The number of aromatic nitrogens is 5. The van der Waals surface area contributed by atoms with Gasteiger partial charge in [0.05, 0.1) is 24.2 Å². The smallest absolute Gasteiger partial charge is 0.252 e. The SMILES string of the molecule is Cc1cc(C)c2[nH]c(=O)c(CN(Cc3nnnn3C3CCCCC3)C[C@H]3CCCO3)cc2c1. The molecule has 2 fully saturated rings. The molecule has 8 nitrogen and oxygen atoms in total. The molecule has 8 heteroatoms. The zero-order valence-electron chi connectivity index (χ0n) is 19.7. The van der Waals surface area contributed by atoms with Gasteiger partial charge in [0.25, 0.3) is 5.56 Å². The van der Waals surface area contributed by atoms with Gasteiger partial charge in [-0.25, -0.2) is 4.68 Å². The number of nitrogens with zero attached hydrogens (tertiary/aromatic N) is 5. The summed E-state index contributed by atoms with van der Waals surface area (Å²) in [6.45, 7) is 6.85. The predicted molar refractivity (Wildman–Crippen MR) is 127 cm³/mol. The monoisotopic (exact) mass is 450 g/mol. The van der Waals surface area contributed by atoms with Crippen LogP contribution in [0.25, 0.3) is 10.9 Å². The molecule has 2 aromatic heterocycles. The lowest BCUT2D eigenvalue weighted by Crippen LogP contribution is -2.34. The zero-order chi connectivity index (χ0) is 22.8. The molecule has 0 unspecified atom stereocenters. The second-order valence-corrected chi connectivity index (χ2v) is 9.81. The predicted octanol–water partition coefficient (Wildman–Crippen LogP) is 3.82. The highest BCUT2D eigenvalue weighted by Gasteiger charge is 2.25. The molecule has 0 spiro atoms. The fourth-order valence-electron chi connectivity index (χ4n) is 5.48. The molecule has 0 radical (unpaired) electrons. The van der Waals surface area contributed by atoms with Gasteiger partial charge in [-0.1, -0.05) is 30.9 Å². The molecule has 1 aliphatic heterocycles. The van der Waals surface area contributed by atoms with Crippen LogP contribution in [0.5, 0.6) is 0 Å². The van der Waals surface area contributed by atoms with E-state index in [9.17, 15) is 4.79 Å². The van der Waals surface area contributed by atoms with E-state index in [1.165, 1.54) is 24.8 Å². The van der Waals surface area contributed by atoms with Crippen molar-refractivity contribution in [1.29, 1.82) is 0 Å². The van der Waals surface area contributed by atoms with Crippen LogP contribution in [0, 0.1) is 13.8 Å². The average Bonchev–Trinajstić information content (AvgIpc) is 3.48. The number of aromatic amines is 1.